The van der Waals surface area contributed by atoms with Crippen molar-refractivity contribution < 1.29 is 0 Å². The van der Waals surface area contributed by atoms with Gasteiger partial charge in [0.1, 0.15) is 0 Å². The van der Waals surface area contributed by atoms with Crippen molar-refractivity contribution in [3.05, 3.63) is 0 Å². The van der Waals surface area contributed by atoms with Crippen LogP contribution in [0.4, 0.5) is 0 Å². The number of rotatable bonds is 1. The van der Waals surface area contributed by atoms with E-state index in [-0.39, 0.29) is 0 Å². The summed E-state index contributed by atoms with van der Waals surface area (Å²) >= 11 is 2.45. The maximum Gasteiger partial charge on any atom is 0.0201 e. The summed E-state index contributed by atoms with van der Waals surface area (Å²) in [5.41, 5.74) is 0. The molecule has 3 nitrogen and oxygen atoms in total. The highest BCUT2D eigenvalue weighted by molar-refractivity contribution is 14.1. The molecule has 0 aromatic carbocycles. The van der Waals surface area contributed by atoms with Crippen molar-refractivity contribution in [1.82, 2.24) is 12.9 Å². The molecule has 2 fully saturated rings. The number of hydrogen-bond donors (Lipinski definition) is 0. The molecule has 82 valence electrons. The fourth-order valence-electron chi connectivity index (χ4n) is 2.39. The van der Waals surface area contributed by atoms with Crippen LogP contribution in [0.5, 0.6) is 0 Å². The summed E-state index contributed by atoms with van der Waals surface area (Å²) in [7, 11) is 2.23. The SMILES string of the molecule is CN1CCN(C2CCN(I)CC2)CC1. The summed E-state index contributed by atoms with van der Waals surface area (Å²) in [5, 5.41) is 0. The molecule has 0 bridgehead atoms. The molecule has 4 heteroatoms. The maximum absolute atomic E-state index is 2.70. The number of piperidine rings is 1. The molecular weight excluding hydrogens is 289 g/mol. The van der Waals surface area contributed by atoms with Gasteiger partial charge in [-0.15, -0.1) is 0 Å². The lowest BCUT2D eigenvalue weighted by Crippen LogP contribution is -2.51. The Hall–Kier alpha value is 0.610. The van der Waals surface area contributed by atoms with Gasteiger partial charge in [0.05, 0.1) is 0 Å². The molecular formula is C10H20IN3. The van der Waals surface area contributed by atoms with E-state index in [4.69, 9.17) is 0 Å². The average molecular weight is 309 g/mol. The van der Waals surface area contributed by atoms with Crippen LogP contribution in [0.3, 0.4) is 0 Å². The largest absolute Gasteiger partial charge is 0.304 e. The predicted molar refractivity (Wildman–Crippen MR) is 67.7 cm³/mol. The van der Waals surface area contributed by atoms with E-state index in [0.717, 1.165) is 6.04 Å². The number of likely N-dealkylation sites (N-methyl/N-ethyl adjacent to an activating group) is 1. The molecule has 0 saturated carbocycles. The summed E-state index contributed by atoms with van der Waals surface area (Å²) in [5.74, 6) is 0. The molecule has 2 rings (SSSR count). The van der Waals surface area contributed by atoms with E-state index < -0.39 is 0 Å². The summed E-state index contributed by atoms with van der Waals surface area (Å²) in [4.78, 5) is 5.13. The third kappa shape index (κ3) is 2.81. The van der Waals surface area contributed by atoms with E-state index >= 15 is 0 Å². The minimum Gasteiger partial charge on any atom is -0.304 e. The first kappa shape index (κ1) is 11.1. The number of nitrogens with zero attached hydrogens (tertiary/aromatic N) is 3. The van der Waals surface area contributed by atoms with Crippen LogP contribution in [-0.4, -0.2) is 65.3 Å². The zero-order valence-electron chi connectivity index (χ0n) is 8.95. The van der Waals surface area contributed by atoms with Crippen molar-refractivity contribution in [1.29, 1.82) is 0 Å². The second kappa shape index (κ2) is 5.09. The van der Waals surface area contributed by atoms with Gasteiger partial charge >= 0.3 is 0 Å². The molecule has 2 aliphatic heterocycles. The monoisotopic (exact) mass is 309 g/mol. The van der Waals surface area contributed by atoms with Crippen molar-refractivity contribution in [2.45, 2.75) is 18.9 Å². The van der Waals surface area contributed by atoms with Gasteiger partial charge in [-0.05, 0) is 19.9 Å². The van der Waals surface area contributed by atoms with Crippen molar-refractivity contribution in [3.8, 4) is 0 Å². The van der Waals surface area contributed by atoms with E-state index in [1.807, 2.05) is 0 Å². The van der Waals surface area contributed by atoms with Crippen LogP contribution in [0.2, 0.25) is 0 Å². The Balaban J connectivity index is 1.78. The number of hydrogen-bond acceptors (Lipinski definition) is 3. The van der Waals surface area contributed by atoms with Gasteiger partial charge in [0.25, 0.3) is 0 Å². The van der Waals surface area contributed by atoms with Crippen LogP contribution in [0.15, 0.2) is 0 Å². The lowest BCUT2D eigenvalue weighted by molar-refractivity contribution is 0.0873. The third-order valence-corrected chi connectivity index (χ3v) is 4.43. The minimum atomic E-state index is 0.870. The number of halogens is 1. The first-order valence-corrected chi connectivity index (χ1v) is 6.55. The first-order chi connectivity index (χ1) is 6.75. The van der Waals surface area contributed by atoms with Crippen LogP contribution in [0.25, 0.3) is 0 Å². The Kier molecular flexibility index (Phi) is 4.04. The molecule has 0 N–H and O–H groups in total. The van der Waals surface area contributed by atoms with Crippen LogP contribution in [0, 0.1) is 0 Å². The molecule has 0 spiro atoms. The highest BCUT2D eigenvalue weighted by Gasteiger charge is 2.25. The molecule has 2 aliphatic rings. The lowest BCUT2D eigenvalue weighted by Gasteiger charge is -2.40. The van der Waals surface area contributed by atoms with Crippen molar-refractivity contribution in [3.63, 3.8) is 0 Å². The fourth-order valence-corrected chi connectivity index (χ4v) is 2.94. The molecule has 2 heterocycles. The van der Waals surface area contributed by atoms with Crippen molar-refractivity contribution in [2.75, 3.05) is 46.3 Å². The predicted octanol–water partition coefficient (Wildman–Crippen LogP) is 1.05. The summed E-state index contributed by atoms with van der Waals surface area (Å²) < 4.78 is 2.42. The molecule has 0 aromatic heterocycles. The molecule has 0 aliphatic carbocycles. The van der Waals surface area contributed by atoms with Crippen LogP contribution in [-0.2, 0) is 0 Å². The van der Waals surface area contributed by atoms with E-state index in [1.165, 1.54) is 52.1 Å². The number of piperazine rings is 1. The van der Waals surface area contributed by atoms with Gasteiger partial charge in [-0.3, -0.25) is 4.90 Å². The zero-order valence-corrected chi connectivity index (χ0v) is 11.1. The first-order valence-electron chi connectivity index (χ1n) is 5.59. The van der Waals surface area contributed by atoms with Gasteiger partial charge in [0.2, 0.25) is 0 Å². The summed E-state index contributed by atoms with van der Waals surface area (Å²) in [6, 6.07) is 0.870. The fraction of sp³-hybridized carbons (Fsp3) is 1.00. The second-order valence-electron chi connectivity index (χ2n) is 4.48. The smallest absolute Gasteiger partial charge is 0.0201 e. The van der Waals surface area contributed by atoms with Gasteiger partial charge in [-0.1, -0.05) is 0 Å². The van der Waals surface area contributed by atoms with E-state index in [2.05, 4.69) is 42.8 Å². The van der Waals surface area contributed by atoms with Crippen molar-refractivity contribution >= 4 is 22.9 Å². The van der Waals surface area contributed by atoms with E-state index in [1.54, 1.807) is 0 Å². The highest BCUT2D eigenvalue weighted by Crippen LogP contribution is 2.19. The third-order valence-electron chi connectivity index (χ3n) is 3.46. The van der Waals surface area contributed by atoms with Gasteiger partial charge in [-0.2, -0.15) is 0 Å². The molecule has 0 aromatic rings. The van der Waals surface area contributed by atoms with E-state index in [9.17, 15) is 0 Å². The quantitative estimate of drug-likeness (QED) is 0.529. The van der Waals surface area contributed by atoms with Gasteiger partial charge in [0.15, 0.2) is 0 Å². The van der Waals surface area contributed by atoms with E-state index in [0.29, 0.717) is 0 Å². The molecule has 2 saturated heterocycles. The Morgan fingerprint density at radius 3 is 2.07 bits per heavy atom. The molecule has 0 radical (unpaired) electrons. The van der Waals surface area contributed by atoms with Gasteiger partial charge in [0, 0.05) is 68.2 Å². The second-order valence-corrected chi connectivity index (χ2v) is 5.84. The zero-order chi connectivity index (χ0) is 9.97. The minimum absolute atomic E-state index is 0.870. The van der Waals surface area contributed by atoms with Crippen molar-refractivity contribution in [2.24, 2.45) is 0 Å². The normalized spacial score (nSPS) is 29.6. The van der Waals surface area contributed by atoms with Crippen LogP contribution >= 0.6 is 22.9 Å². The average Bonchev–Trinajstić information content (AvgIpc) is 2.21. The Morgan fingerprint density at radius 1 is 0.929 bits per heavy atom. The molecule has 0 atom stereocenters. The molecule has 0 amide bonds. The molecule has 0 unspecified atom stereocenters. The Morgan fingerprint density at radius 2 is 1.50 bits per heavy atom. The van der Waals surface area contributed by atoms with Crippen LogP contribution < -0.4 is 0 Å². The molecule has 14 heavy (non-hydrogen) atoms. The maximum atomic E-state index is 2.70. The lowest BCUT2D eigenvalue weighted by atomic mass is 10.0. The topological polar surface area (TPSA) is 9.72 Å². The van der Waals surface area contributed by atoms with Gasteiger partial charge < -0.3 is 4.90 Å². The van der Waals surface area contributed by atoms with Crippen LogP contribution in [0.1, 0.15) is 12.8 Å². The summed E-state index contributed by atoms with van der Waals surface area (Å²) in [6.07, 6.45) is 2.74. The highest BCUT2D eigenvalue weighted by atomic mass is 127. The van der Waals surface area contributed by atoms with Gasteiger partial charge in [-0.25, -0.2) is 3.11 Å². The Bertz CT molecular complexity index is 152. The summed E-state index contributed by atoms with van der Waals surface area (Å²) in [6.45, 7) is 7.62. The Labute approximate surface area is 101 Å². The standard InChI is InChI=1S/C10H20IN3/c1-12-6-8-13(9-7-12)10-2-4-14(11)5-3-10/h10H,2-9H2,1H3.